The van der Waals surface area contributed by atoms with Crippen molar-refractivity contribution < 1.29 is 23.7 Å². The molecule has 0 fully saturated rings. The van der Waals surface area contributed by atoms with E-state index in [9.17, 15) is 4.79 Å². The maximum atomic E-state index is 12.5. The molecule has 0 aromatic heterocycles. The molecule has 0 saturated heterocycles. The van der Waals surface area contributed by atoms with Crippen LogP contribution in [0.2, 0.25) is 5.02 Å². The van der Waals surface area contributed by atoms with Gasteiger partial charge in [0.15, 0.2) is 17.3 Å². The van der Waals surface area contributed by atoms with E-state index in [1.165, 1.54) is 13.2 Å². The van der Waals surface area contributed by atoms with Crippen LogP contribution in [0.4, 0.5) is 0 Å². The number of rotatable bonds is 8. The van der Waals surface area contributed by atoms with Crippen LogP contribution in [0.1, 0.15) is 15.9 Å². The minimum Gasteiger partial charge on any atom is -0.493 e. The number of halogens is 1. The summed E-state index contributed by atoms with van der Waals surface area (Å²) in [6.07, 6.45) is 5.23. The highest BCUT2D eigenvalue weighted by Crippen LogP contribution is 2.30. The minimum absolute atomic E-state index is 0.139. The topological polar surface area (TPSA) is 54.0 Å². The molecule has 0 aliphatic carbocycles. The van der Waals surface area contributed by atoms with Crippen LogP contribution in [0.5, 0.6) is 17.2 Å². The van der Waals surface area contributed by atoms with Gasteiger partial charge in [-0.15, -0.1) is 0 Å². The number of fused-ring (bicyclic) bond motifs is 1. The Bertz CT molecular complexity index is 917. The molecule has 5 nitrogen and oxygen atoms in total. The van der Waals surface area contributed by atoms with E-state index in [4.69, 9.17) is 30.5 Å². The van der Waals surface area contributed by atoms with Crippen LogP contribution >= 0.6 is 11.6 Å². The van der Waals surface area contributed by atoms with E-state index in [1.807, 2.05) is 18.2 Å². The predicted molar refractivity (Wildman–Crippen MR) is 109 cm³/mol. The number of allylic oxidation sites excluding steroid dienone is 1. The lowest BCUT2D eigenvalue weighted by Gasteiger charge is -2.16. The van der Waals surface area contributed by atoms with Crippen molar-refractivity contribution in [3.8, 4) is 17.2 Å². The second-order valence-corrected chi connectivity index (χ2v) is 6.53. The number of carbonyl (C=O) groups excluding carboxylic acids is 1. The molecule has 1 heterocycles. The molecule has 6 heteroatoms. The van der Waals surface area contributed by atoms with Crippen LogP contribution in [0, 0.1) is 0 Å². The highest BCUT2D eigenvalue weighted by atomic mass is 35.5. The second kappa shape index (κ2) is 9.44. The van der Waals surface area contributed by atoms with E-state index in [-0.39, 0.29) is 5.78 Å². The number of carbonyl (C=O) groups is 1. The van der Waals surface area contributed by atoms with Gasteiger partial charge in [0.1, 0.15) is 19.0 Å². The zero-order chi connectivity index (χ0) is 19.9. The fraction of sp³-hybridized carbons (Fsp3) is 0.227. The summed E-state index contributed by atoms with van der Waals surface area (Å²) in [5.74, 6) is 1.71. The Morgan fingerprint density at radius 3 is 2.79 bits per heavy atom. The molecule has 2 aromatic rings. The van der Waals surface area contributed by atoms with Crippen molar-refractivity contribution in [1.29, 1.82) is 0 Å². The van der Waals surface area contributed by atoms with Gasteiger partial charge in [0.2, 0.25) is 0 Å². The Balaban J connectivity index is 1.72. The molecule has 1 aliphatic rings. The van der Waals surface area contributed by atoms with Gasteiger partial charge in [0.25, 0.3) is 0 Å². The normalized spacial score (nSPS) is 12.9. The predicted octanol–water partition coefficient (Wildman–Crippen LogP) is 4.59. The molecule has 0 spiro atoms. The highest BCUT2D eigenvalue weighted by Gasteiger charge is 2.12. The molecule has 3 rings (SSSR count). The van der Waals surface area contributed by atoms with Crippen LogP contribution in [0.3, 0.4) is 0 Å². The quantitative estimate of drug-likeness (QED) is 0.368. The van der Waals surface area contributed by atoms with E-state index in [2.05, 4.69) is 0 Å². The van der Waals surface area contributed by atoms with Crippen LogP contribution < -0.4 is 14.2 Å². The summed E-state index contributed by atoms with van der Waals surface area (Å²) in [4.78, 5) is 12.5. The van der Waals surface area contributed by atoms with Crippen LogP contribution in [-0.2, 0) is 4.74 Å². The average molecular weight is 401 g/mol. The van der Waals surface area contributed by atoms with Crippen molar-refractivity contribution in [3.63, 3.8) is 0 Å². The lowest BCUT2D eigenvalue weighted by atomic mass is 10.1. The van der Waals surface area contributed by atoms with E-state index in [1.54, 1.807) is 37.5 Å². The first kappa shape index (κ1) is 20.0. The molecule has 0 N–H and O–H groups in total. The Morgan fingerprint density at radius 2 is 2.00 bits per heavy atom. The molecular formula is C22H21ClO5. The van der Waals surface area contributed by atoms with Gasteiger partial charge in [-0.25, -0.2) is 0 Å². The number of hydrogen-bond donors (Lipinski definition) is 0. The first-order valence-corrected chi connectivity index (χ1v) is 9.13. The van der Waals surface area contributed by atoms with Gasteiger partial charge in [-0.2, -0.15) is 0 Å². The molecule has 0 bridgehead atoms. The molecule has 28 heavy (non-hydrogen) atoms. The summed E-state index contributed by atoms with van der Waals surface area (Å²) in [5.41, 5.74) is 2.28. The van der Waals surface area contributed by atoms with Crippen LogP contribution in [-0.4, -0.2) is 39.8 Å². The van der Waals surface area contributed by atoms with Crippen molar-refractivity contribution in [3.05, 3.63) is 70.3 Å². The number of ketones is 1. The van der Waals surface area contributed by atoms with Gasteiger partial charge in [-0.05, 0) is 54.1 Å². The summed E-state index contributed by atoms with van der Waals surface area (Å²) >= 11 is 6.03. The fourth-order valence-corrected chi connectivity index (χ4v) is 2.90. The van der Waals surface area contributed by atoms with Gasteiger partial charge in [0.05, 0.1) is 13.7 Å². The monoisotopic (exact) mass is 400 g/mol. The smallest absolute Gasteiger partial charge is 0.185 e. The van der Waals surface area contributed by atoms with Crippen molar-refractivity contribution in [1.82, 2.24) is 0 Å². The summed E-state index contributed by atoms with van der Waals surface area (Å²) < 4.78 is 21.6. The Labute approximate surface area is 169 Å². The number of hydrogen-bond acceptors (Lipinski definition) is 5. The van der Waals surface area contributed by atoms with Crippen LogP contribution in [0.25, 0.3) is 6.08 Å². The van der Waals surface area contributed by atoms with Gasteiger partial charge in [0, 0.05) is 23.3 Å². The largest absolute Gasteiger partial charge is 0.493 e. The first-order valence-electron chi connectivity index (χ1n) is 8.76. The lowest BCUT2D eigenvalue weighted by molar-refractivity contribution is 0.104. The van der Waals surface area contributed by atoms with E-state index in [0.29, 0.717) is 41.9 Å². The minimum atomic E-state index is -0.139. The van der Waals surface area contributed by atoms with Gasteiger partial charge in [-0.1, -0.05) is 17.7 Å². The first-order chi connectivity index (χ1) is 13.6. The third-order valence-corrected chi connectivity index (χ3v) is 4.38. The molecule has 2 aromatic carbocycles. The summed E-state index contributed by atoms with van der Waals surface area (Å²) in [7, 11) is 3.14. The maximum Gasteiger partial charge on any atom is 0.185 e. The number of benzene rings is 2. The van der Waals surface area contributed by atoms with Gasteiger partial charge in [-0.3, -0.25) is 4.79 Å². The molecule has 0 unspecified atom stereocenters. The van der Waals surface area contributed by atoms with Gasteiger partial charge >= 0.3 is 0 Å². The second-order valence-electron chi connectivity index (χ2n) is 6.09. The molecular weight excluding hydrogens is 380 g/mol. The zero-order valence-electron chi connectivity index (χ0n) is 15.7. The third-order valence-electron chi connectivity index (χ3n) is 4.15. The van der Waals surface area contributed by atoms with Crippen molar-refractivity contribution in [2.45, 2.75) is 0 Å². The zero-order valence-corrected chi connectivity index (χ0v) is 16.5. The maximum absolute atomic E-state index is 12.5. The van der Waals surface area contributed by atoms with E-state index < -0.39 is 0 Å². The van der Waals surface area contributed by atoms with Crippen molar-refractivity contribution in [2.75, 3.05) is 34.0 Å². The van der Waals surface area contributed by atoms with Crippen LogP contribution in [0.15, 0.2) is 54.1 Å². The molecule has 1 aliphatic heterocycles. The standard InChI is InChI=1S/C22H21ClO5/c1-25-9-10-27-21-7-4-16(13-22(21)26-2)19(24)6-3-15-11-17-12-18(23)5-8-20(17)28-14-15/h3-8,11-13H,9-10,14H2,1-2H3/b6-3+. The molecule has 0 atom stereocenters. The molecule has 0 amide bonds. The van der Waals surface area contributed by atoms with Crippen molar-refractivity contribution in [2.24, 2.45) is 0 Å². The fourth-order valence-electron chi connectivity index (χ4n) is 2.72. The summed E-state index contributed by atoms with van der Waals surface area (Å²) in [5, 5.41) is 0.639. The molecule has 0 radical (unpaired) electrons. The number of methoxy groups -OCH3 is 2. The average Bonchev–Trinajstić information content (AvgIpc) is 2.72. The number of ether oxygens (including phenoxy) is 4. The van der Waals surface area contributed by atoms with E-state index >= 15 is 0 Å². The molecule has 146 valence electrons. The van der Waals surface area contributed by atoms with Crippen molar-refractivity contribution >= 4 is 23.5 Å². The Hall–Kier alpha value is -2.76. The highest BCUT2D eigenvalue weighted by molar-refractivity contribution is 6.30. The SMILES string of the molecule is COCCOc1ccc(C(=O)/C=C/C2=Cc3cc(Cl)ccc3OC2)cc1OC. The third kappa shape index (κ3) is 4.94. The Morgan fingerprint density at radius 1 is 1.14 bits per heavy atom. The van der Waals surface area contributed by atoms with Gasteiger partial charge < -0.3 is 18.9 Å². The lowest BCUT2D eigenvalue weighted by Crippen LogP contribution is -2.07. The summed E-state index contributed by atoms with van der Waals surface area (Å²) in [6, 6.07) is 10.5. The summed E-state index contributed by atoms with van der Waals surface area (Å²) in [6.45, 7) is 1.27. The Kier molecular flexibility index (Phi) is 6.74. The molecule has 0 saturated carbocycles. The van der Waals surface area contributed by atoms with E-state index in [0.717, 1.165) is 16.9 Å².